The van der Waals surface area contributed by atoms with E-state index in [0.717, 1.165) is 6.07 Å². The summed E-state index contributed by atoms with van der Waals surface area (Å²) in [6, 6.07) is 5.25. The lowest BCUT2D eigenvalue weighted by atomic mass is 9.88. The Balaban J connectivity index is 3.00. The maximum atomic E-state index is 12.7. The molecule has 1 aromatic carbocycles. The summed E-state index contributed by atoms with van der Waals surface area (Å²) in [5, 5.41) is 4.18. The number of benzene rings is 1. The smallest absolute Gasteiger partial charge is 0.281 e. The minimum atomic E-state index is -4.35. The second kappa shape index (κ2) is 4.59. The van der Waals surface area contributed by atoms with E-state index in [1.165, 1.54) is 12.1 Å². The first-order chi connectivity index (χ1) is 7.62. The van der Waals surface area contributed by atoms with Crippen molar-refractivity contribution >= 4 is 5.69 Å². The van der Waals surface area contributed by atoms with Crippen LogP contribution < -0.4 is 5.32 Å². The second-order valence-corrected chi connectivity index (χ2v) is 5.19. The highest BCUT2D eigenvalue weighted by molar-refractivity contribution is 5.47. The molecule has 0 spiro atoms. The van der Waals surface area contributed by atoms with Crippen LogP contribution in [0.5, 0.6) is 0 Å². The maximum Gasteiger partial charge on any atom is 0.418 e. The van der Waals surface area contributed by atoms with Crippen LogP contribution in [0.2, 0.25) is 0 Å². The predicted molar refractivity (Wildman–Crippen MR) is 62.2 cm³/mol. The minimum Gasteiger partial charge on any atom is -0.281 e. The standard InChI is InChI=1S/C13H17F3N/c1-9(12(2,3)4)17-11-8-6-5-7-10(11)13(14,15)16/h5-9H,1-4H3. The summed E-state index contributed by atoms with van der Waals surface area (Å²) in [4.78, 5) is 0. The van der Waals surface area contributed by atoms with Crippen LogP contribution in [0.4, 0.5) is 18.9 Å². The Kier molecular flexibility index (Phi) is 3.74. The van der Waals surface area contributed by atoms with Crippen LogP contribution in [0.1, 0.15) is 33.3 Å². The number of para-hydroxylation sites is 1. The Hall–Kier alpha value is -1.19. The molecule has 1 unspecified atom stereocenters. The van der Waals surface area contributed by atoms with Gasteiger partial charge in [0.05, 0.1) is 17.3 Å². The molecule has 0 N–H and O–H groups in total. The van der Waals surface area contributed by atoms with E-state index in [0.29, 0.717) is 0 Å². The number of rotatable bonds is 2. The molecule has 1 nitrogen and oxygen atoms in total. The van der Waals surface area contributed by atoms with Crippen molar-refractivity contribution in [2.45, 2.75) is 39.9 Å². The van der Waals surface area contributed by atoms with Crippen LogP contribution in [-0.4, -0.2) is 6.04 Å². The first-order valence-corrected chi connectivity index (χ1v) is 5.49. The Labute approximate surface area is 100 Å². The van der Waals surface area contributed by atoms with Crippen molar-refractivity contribution in [3.05, 3.63) is 29.8 Å². The molecule has 0 amide bonds. The van der Waals surface area contributed by atoms with Gasteiger partial charge in [-0.15, -0.1) is 0 Å². The van der Waals surface area contributed by atoms with Gasteiger partial charge in [0.15, 0.2) is 0 Å². The molecule has 17 heavy (non-hydrogen) atoms. The van der Waals surface area contributed by atoms with Gasteiger partial charge in [-0.1, -0.05) is 32.9 Å². The van der Waals surface area contributed by atoms with Gasteiger partial charge in [-0.05, 0) is 24.5 Å². The van der Waals surface area contributed by atoms with E-state index in [-0.39, 0.29) is 17.1 Å². The van der Waals surface area contributed by atoms with Crippen molar-refractivity contribution in [1.82, 2.24) is 5.32 Å². The third-order valence-corrected chi connectivity index (χ3v) is 2.80. The van der Waals surface area contributed by atoms with Crippen LogP contribution in [0.15, 0.2) is 24.3 Å². The van der Waals surface area contributed by atoms with Gasteiger partial charge >= 0.3 is 6.18 Å². The van der Waals surface area contributed by atoms with Gasteiger partial charge in [-0.25, -0.2) is 0 Å². The zero-order chi connectivity index (χ0) is 13.3. The molecule has 0 saturated heterocycles. The third-order valence-electron chi connectivity index (χ3n) is 2.80. The summed E-state index contributed by atoms with van der Waals surface area (Å²) < 4.78 is 38.2. The summed E-state index contributed by atoms with van der Waals surface area (Å²) >= 11 is 0. The lowest BCUT2D eigenvalue weighted by Gasteiger charge is -2.27. The largest absolute Gasteiger partial charge is 0.418 e. The van der Waals surface area contributed by atoms with Crippen LogP contribution in [0.3, 0.4) is 0 Å². The van der Waals surface area contributed by atoms with Crippen LogP contribution in [-0.2, 0) is 6.18 Å². The predicted octanol–water partition coefficient (Wildman–Crippen LogP) is 4.38. The van der Waals surface area contributed by atoms with E-state index >= 15 is 0 Å². The fraction of sp³-hybridized carbons (Fsp3) is 0.538. The summed E-state index contributed by atoms with van der Waals surface area (Å²) in [5.41, 5.74) is -0.808. The quantitative estimate of drug-likeness (QED) is 0.733. The topological polar surface area (TPSA) is 14.1 Å². The molecular formula is C13H17F3N. The van der Waals surface area contributed by atoms with Crippen molar-refractivity contribution < 1.29 is 13.2 Å². The van der Waals surface area contributed by atoms with Gasteiger partial charge in [0.2, 0.25) is 0 Å². The van der Waals surface area contributed by atoms with Crippen LogP contribution >= 0.6 is 0 Å². The molecule has 4 heteroatoms. The molecule has 1 atom stereocenters. The normalized spacial score (nSPS) is 14.5. The molecule has 95 valence electrons. The zero-order valence-electron chi connectivity index (χ0n) is 10.5. The second-order valence-electron chi connectivity index (χ2n) is 5.19. The maximum absolute atomic E-state index is 12.7. The molecule has 1 rings (SSSR count). The van der Waals surface area contributed by atoms with Crippen molar-refractivity contribution in [3.63, 3.8) is 0 Å². The highest BCUT2D eigenvalue weighted by Gasteiger charge is 2.34. The average Bonchev–Trinajstić information content (AvgIpc) is 2.15. The number of nitrogens with zero attached hydrogens (tertiary/aromatic N) is 1. The molecule has 0 aromatic heterocycles. The molecule has 1 aromatic rings. The molecule has 0 aliphatic carbocycles. The Morgan fingerprint density at radius 2 is 1.59 bits per heavy atom. The van der Waals surface area contributed by atoms with Crippen molar-refractivity contribution in [2.75, 3.05) is 0 Å². The van der Waals surface area contributed by atoms with Crippen LogP contribution in [0.25, 0.3) is 0 Å². The Morgan fingerprint density at radius 3 is 2.06 bits per heavy atom. The fourth-order valence-corrected chi connectivity index (χ4v) is 1.23. The van der Waals surface area contributed by atoms with Gasteiger partial charge in [-0.2, -0.15) is 13.2 Å². The van der Waals surface area contributed by atoms with Crippen molar-refractivity contribution in [3.8, 4) is 0 Å². The molecule has 0 aliphatic rings. The van der Waals surface area contributed by atoms with E-state index in [2.05, 4.69) is 5.32 Å². The summed E-state index contributed by atoms with van der Waals surface area (Å²) in [5.74, 6) is 0. The lowest BCUT2D eigenvalue weighted by molar-refractivity contribution is -0.137. The van der Waals surface area contributed by atoms with Gasteiger partial charge in [0.1, 0.15) is 0 Å². The monoisotopic (exact) mass is 244 g/mol. The number of alkyl halides is 3. The molecule has 1 radical (unpaired) electrons. The minimum absolute atomic E-state index is 0.0161. The summed E-state index contributed by atoms with van der Waals surface area (Å²) in [6.45, 7) is 7.69. The SMILES string of the molecule is CC([N]c1ccccc1C(F)(F)F)C(C)(C)C. The van der Waals surface area contributed by atoms with E-state index in [9.17, 15) is 13.2 Å². The van der Waals surface area contributed by atoms with E-state index in [1.807, 2.05) is 27.7 Å². The van der Waals surface area contributed by atoms with Gasteiger partial charge < -0.3 is 0 Å². The lowest BCUT2D eigenvalue weighted by Crippen LogP contribution is -2.31. The van der Waals surface area contributed by atoms with E-state index in [4.69, 9.17) is 0 Å². The highest BCUT2D eigenvalue weighted by Crippen LogP contribution is 2.36. The van der Waals surface area contributed by atoms with E-state index < -0.39 is 11.7 Å². The van der Waals surface area contributed by atoms with Gasteiger partial charge in [0.25, 0.3) is 0 Å². The molecule has 0 heterocycles. The first kappa shape index (κ1) is 13.9. The Bertz CT molecular complexity index is 377. The third kappa shape index (κ3) is 3.65. The molecule has 0 aliphatic heterocycles. The Morgan fingerprint density at radius 1 is 1.06 bits per heavy atom. The number of hydrogen-bond acceptors (Lipinski definition) is 0. The van der Waals surface area contributed by atoms with E-state index in [1.54, 1.807) is 6.07 Å². The highest BCUT2D eigenvalue weighted by atomic mass is 19.4. The van der Waals surface area contributed by atoms with Crippen molar-refractivity contribution in [1.29, 1.82) is 0 Å². The molecule has 0 saturated carbocycles. The fourth-order valence-electron chi connectivity index (χ4n) is 1.23. The molecule has 0 bridgehead atoms. The van der Waals surface area contributed by atoms with Crippen LogP contribution in [0, 0.1) is 5.41 Å². The van der Waals surface area contributed by atoms with Gasteiger partial charge in [0, 0.05) is 0 Å². The first-order valence-electron chi connectivity index (χ1n) is 5.49. The molecular weight excluding hydrogens is 227 g/mol. The van der Waals surface area contributed by atoms with Crippen molar-refractivity contribution in [2.24, 2.45) is 5.41 Å². The summed E-state index contributed by atoms with van der Waals surface area (Å²) in [6.07, 6.45) is -4.35. The molecule has 0 fully saturated rings. The average molecular weight is 244 g/mol. The van der Waals surface area contributed by atoms with Gasteiger partial charge in [-0.3, -0.25) is 5.32 Å². The summed E-state index contributed by atoms with van der Waals surface area (Å²) in [7, 11) is 0. The number of halogens is 3. The number of hydrogen-bond donors (Lipinski definition) is 0. The zero-order valence-corrected chi connectivity index (χ0v) is 10.5.